The van der Waals surface area contributed by atoms with Crippen LogP contribution in [0.1, 0.15) is 59.4 Å². The predicted molar refractivity (Wildman–Crippen MR) is 117 cm³/mol. The van der Waals surface area contributed by atoms with Crippen LogP contribution in [0.15, 0.2) is 37.2 Å². The molecule has 0 heterocycles. The van der Waals surface area contributed by atoms with Gasteiger partial charge in [-0.05, 0) is 0 Å². The highest BCUT2D eigenvalue weighted by Crippen LogP contribution is 1.75. The van der Waals surface area contributed by atoms with Crippen molar-refractivity contribution in [3.63, 3.8) is 0 Å². The smallest absolute Gasteiger partial charge is 0.0977 e. The zero-order chi connectivity index (χ0) is 12.3. The maximum atomic E-state index is 5.18. The molecule has 0 rings (SSSR count). The van der Waals surface area contributed by atoms with E-state index in [2.05, 4.69) is 35.7 Å². The number of nitrogens with two attached hydrogens (primary N) is 4. The Bertz CT molecular complexity index is 216. The van der Waals surface area contributed by atoms with Crippen molar-refractivity contribution in [2.24, 2.45) is 22.9 Å². The first kappa shape index (κ1) is 69.1. The van der Waals surface area contributed by atoms with E-state index in [4.69, 9.17) is 22.9 Å². The van der Waals surface area contributed by atoms with Crippen LogP contribution in [0.5, 0.6) is 0 Å². The van der Waals surface area contributed by atoms with Gasteiger partial charge in [0, 0.05) is 0 Å². The Morgan fingerprint density at radius 2 is 0.913 bits per heavy atom. The highest BCUT2D eigenvalue weighted by Gasteiger charge is 1.86. The summed E-state index contributed by atoms with van der Waals surface area (Å²) in [5.74, 6) is 1.32. The molecule has 7 nitrogen and oxygen atoms in total. The Labute approximate surface area is 149 Å². The molecule has 0 aliphatic rings. The third-order valence-corrected chi connectivity index (χ3v) is 0.956. The quantitative estimate of drug-likeness (QED) is 0.368. The SMILES string of the molecule is C.C.C.C.C.C.C.C.C=C(N)NC(=C)NCN.C=C(N)NCN. The molecule has 0 radical (unpaired) electrons. The number of hydrogen-bond donors (Lipinski definition) is 7. The molecule has 0 atom stereocenters. The van der Waals surface area contributed by atoms with Crippen LogP contribution in [0.4, 0.5) is 0 Å². The zero-order valence-corrected chi connectivity index (χ0v) is 8.84. The van der Waals surface area contributed by atoms with E-state index >= 15 is 0 Å². The minimum absolute atomic E-state index is 0. The summed E-state index contributed by atoms with van der Waals surface area (Å²) >= 11 is 0. The fourth-order valence-corrected chi connectivity index (χ4v) is 0.492. The minimum Gasteiger partial charge on any atom is -0.386 e. The summed E-state index contributed by atoms with van der Waals surface area (Å²) in [5, 5.41) is 7.92. The van der Waals surface area contributed by atoms with Gasteiger partial charge in [-0.3, -0.25) is 0 Å². The van der Waals surface area contributed by atoms with Gasteiger partial charge in [-0.1, -0.05) is 79.2 Å². The first-order valence-electron chi connectivity index (χ1n) is 4.16. The molecular formula is C16H53N7. The van der Waals surface area contributed by atoms with Crippen molar-refractivity contribution >= 4 is 0 Å². The van der Waals surface area contributed by atoms with Crippen molar-refractivity contribution in [3.05, 3.63) is 37.2 Å². The number of nitrogens with one attached hydrogen (secondary N) is 3. The molecule has 0 saturated heterocycles. The summed E-state index contributed by atoms with van der Waals surface area (Å²) in [6.07, 6.45) is 0. The summed E-state index contributed by atoms with van der Waals surface area (Å²) < 4.78 is 0. The number of rotatable bonds is 6. The van der Waals surface area contributed by atoms with Crippen LogP contribution >= 0.6 is 0 Å². The van der Waals surface area contributed by atoms with Gasteiger partial charge in [-0.25, -0.2) is 0 Å². The molecule has 0 aromatic heterocycles. The highest BCUT2D eigenvalue weighted by molar-refractivity contribution is 4.98. The van der Waals surface area contributed by atoms with Gasteiger partial charge in [0.05, 0.1) is 30.8 Å². The summed E-state index contributed by atoms with van der Waals surface area (Å²) in [6.45, 7) is 11.0. The Morgan fingerprint density at radius 3 is 1.04 bits per heavy atom. The van der Waals surface area contributed by atoms with E-state index in [9.17, 15) is 0 Å². The molecule has 0 bridgehead atoms. The molecule has 0 amide bonds. The van der Waals surface area contributed by atoms with Crippen LogP contribution in [-0.4, -0.2) is 13.3 Å². The molecule has 7 heteroatoms. The largest absolute Gasteiger partial charge is 0.386 e. The molecule has 0 aromatic rings. The van der Waals surface area contributed by atoms with Crippen LogP contribution in [0.2, 0.25) is 0 Å². The molecule has 152 valence electrons. The van der Waals surface area contributed by atoms with Crippen LogP contribution in [0.3, 0.4) is 0 Å². The van der Waals surface area contributed by atoms with Crippen molar-refractivity contribution in [2.75, 3.05) is 13.3 Å². The Hall–Kier alpha value is -1.86. The lowest BCUT2D eigenvalue weighted by molar-refractivity contribution is 0.751. The van der Waals surface area contributed by atoms with Crippen molar-refractivity contribution in [1.29, 1.82) is 0 Å². The van der Waals surface area contributed by atoms with Crippen molar-refractivity contribution < 1.29 is 0 Å². The van der Waals surface area contributed by atoms with Crippen LogP contribution in [0.25, 0.3) is 0 Å². The Morgan fingerprint density at radius 1 is 0.609 bits per heavy atom. The summed E-state index contributed by atoms with van der Waals surface area (Å²) in [4.78, 5) is 0. The lowest BCUT2D eigenvalue weighted by Gasteiger charge is -2.08. The normalized spacial score (nSPS) is 5.13. The molecule has 0 saturated carbocycles. The van der Waals surface area contributed by atoms with E-state index in [1.165, 1.54) is 0 Å². The van der Waals surface area contributed by atoms with E-state index in [-0.39, 0.29) is 59.4 Å². The maximum Gasteiger partial charge on any atom is 0.0977 e. The third kappa shape index (κ3) is 100. The van der Waals surface area contributed by atoms with Crippen LogP contribution < -0.4 is 38.9 Å². The lowest BCUT2D eigenvalue weighted by Crippen LogP contribution is -2.31. The molecular weight excluding hydrogens is 290 g/mol. The average molecular weight is 344 g/mol. The molecule has 23 heavy (non-hydrogen) atoms. The molecule has 0 aromatic carbocycles. The molecule has 0 aliphatic heterocycles. The minimum atomic E-state index is 0. The highest BCUT2D eigenvalue weighted by atomic mass is 15.1. The second-order valence-corrected chi connectivity index (χ2v) is 2.42. The summed E-state index contributed by atoms with van der Waals surface area (Å²) in [7, 11) is 0. The molecule has 0 fully saturated rings. The Kier molecular flexibility index (Phi) is 150. The van der Waals surface area contributed by atoms with Gasteiger partial charge >= 0.3 is 0 Å². The molecule has 11 N–H and O–H groups in total. The lowest BCUT2D eigenvalue weighted by atomic mass is 10.7. The zero-order valence-electron chi connectivity index (χ0n) is 8.84. The topological polar surface area (TPSA) is 140 Å². The van der Waals surface area contributed by atoms with E-state index in [0.29, 0.717) is 30.8 Å². The fraction of sp³-hybridized carbons (Fsp3) is 0.625. The molecule has 0 unspecified atom stereocenters. The van der Waals surface area contributed by atoms with Crippen LogP contribution in [-0.2, 0) is 0 Å². The van der Waals surface area contributed by atoms with Crippen LogP contribution in [0, 0.1) is 0 Å². The average Bonchev–Trinajstić information content (AvgIpc) is 2.03. The van der Waals surface area contributed by atoms with Crippen molar-refractivity contribution in [3.8, 4) is 0 Å². The Balaban J connectivity index is -0.0000000141. The summed E-state index contributed by atoms with van der Waals surface area (Å²) in [6, 6.07) is 0. The van der Waals surface area contributed by atoms with Gasteiger partial charge in [0.25, 0.3) is 0 Å². The predicted octanol–water partition coefficient (Wildman–Crippen LogP) is 2.99. The second-order valence-electron chi connectivity index (χ2n) is 2.42. The maximum absolute atomic E-state index is 5.18. The first-order valence-corrected chi connectivity index (χ1v) is 4.16. The monoisotopic (exact) mass is 343 g/mol. The second kappa shape index (κ2) is 50.1. The molecule has 0 spiro atoms. The van der Waals surface area contributed by atoms with Gasteiger partial charge in [-0.2, -0.15) is 0 Å². The van der Waals surface area contributed by atoms with Gasteiger partial charge in [0.15, 0.2) is 0 Å². The van der Waals surface area contributed by atoms with Gasteiger partial charge in [-0.15, -0.1) is 0 Å². The standard InChI is InChI=1S/C5H12N4.C3H9N3.8CH4/c1-4(7)9-5(2)8-3-6;1-3(5)6-2-4;;;;;;;;/h8-9H,1-3,6-7H2;6H,1-2,4-5H2;8*1H4. The van der Waals surface area contributed by atoms with Crippen molar-refractivity contribution in [1.82, 2.24) is 16.0 Å². The van der Waals surface area contributed by atoms with E-state index in [1.54, 1.807) is 0 Å². The summed E-state index contributed by atoms with van der Waals surface area (Å²) in [5.41, 5.74) is 20.3. The third-order valence-electron chi connectivity index (χ3n) is 0.956. The van der Waals surface area contributed by atoms with E-state index in [1.807, 2.05) is 0 Å². The van der Waals surface area contributed by atoms with Gasteiger partial charge in [0.1, 0.15) is 0 Å². The first-order chi connectivity index (χ1) is 6.93. The number of hydrogen-bond acceptors (Lipinski definition) is 7. The van der Waals surface area contributed by atoms with E-state index < -0.39 is 0 Å². The van der Waals surface area contributed by atoms with E-state index in [0.717, 1.165) is 0 Å². The fourth-order valence-electron chi connectivity index (χ4n) is 0.492. The molecule has 0 aliphatic carbocycles. The van der Waals surface area contributed by atoms with Crippen molar-refractivity contribution in [2.45, 2.75) is 59.4 Å². The van der Waals surface area contributed by atoms with Gasteiger partial charge in [0.2, 0.25) is 0 Å². The van der Waals surface area contributed by atoms with Gasteiger partial charge < -0.3 is 38.9 Å².